The predicted octanol–water partition coefficient (Wildman–Crippen LogP) is 4.45. The van der Waals surface area contributed by atoms with Crippen molar-refractivity contribution in [1.82, 2.24) is 10.2 Å². The average Bonchev–Trinajstić information content (AvgIpc) is 2.59. The Kier molecular flexibility index (Phi) is 9.92. The number of rotatable bonds is 10. The second kappa shape index (κ2) is 11.4. The molecule has 0 aliphatic carbocycles. The normalized spacial score (nSPS) is 13.8. The Bertz CT molecular complexity index is 632. The van der Waals surface area contributed by atoms with Gasteiger partial charge in [0, 0.05) is 28.7 Å². The van der Waals surface area contributed by atoms with Gasteiger partial charge < -0.3 is 15.0 Å². The molecule has 0 fully saturated rings. The summed E-state index contributed by atoms with van der Waals surface area (Å²) in [6.07, 6.45) is 5.44. The number of nitrogens with zero attached hydrogens (tertiary/aromatic N) is 1. The second-order valence-electron chi connectivity index (χ2n) is 6.72. The van der Waals surface area contributed by atoms with Gasteiger partial charge in [-0.25, -0.2) is 0 Å². The molecule has 1 aromatic carbocycles. The first kappa shape index (κ1) is 22.7. The van der Waals surface area contributed by atoms with Gasteiger partial charge in [0.1, 0.15) is 6.29 Å². The van der Waals surface area contributed by atoms with Gasteiger partial charge in [0.2, 0.25) is 5.91 Å². The SMILES string of the molecule is CCC(C=O)N(CC(CC(C)C)NC)C(=O)/C=C/c1ccc(Cl)cc1Cl. The van der Waals surface area contributed by atoms with E-state index in [4.69, 9.17) is 23.2 Å². The summed E-state index contributed by atoms with van der Waals surface area (Å²) in [4.78, 5) is 25.9. The standard InChI is InChI=1S/C20H28Cl2N2O2/c1-5-18(13-25)24(12-17(23-4)10-14(2)3)20(26)9-7-15-6-8-16(21)11-19(15)22/h6-9,11,13-14,17-18,23H,5,10,12H2,1-4H3/b9-7+. The third kappa shape index (κ3) is 7.10. The smallest absolute Gasteiger partial charge is 0.247 e. The highest BCUT2D eigenvalue weighted by Crippen LogP contribution is 2.22. The zero-order valence-corrected chi connectivity index (χ0v) is 17.3. The van der Waals surface area contributed by atoms with Crippen LogP contribution in [0.3, 0.4) is 0 Å². The Morgan fingerprint density at radius 2 is 2.00 bits per heavy atom. The fourth-order valence-electron chi connectivity index (χ4n) is 2.76. The van der Waals surface area contributed by atoms with Gasteiger partial charge >= 0.3 is 0 Å². The number of halogens is 2. The van der Waals surface area contributed by atoms with Gasteiger partial charge in [-0.05, 0) is 49.6 Å². The van der Waals surface area contributed by atoms with Crippen LogP contribution in [0, 0.1) is 5.92 Å². The molecule has 0 aliphatic rings. The second-order valence-corrected chi connectivity index (χ2v) is 7.56. The Hall–Kier alpha value is -1.36. The van der Waals surface area contributed by atoms with Crippen LogP contribution >= 0.6 is 23.2 Å². The topological polar surface area (TPSA) is 49.4 Å². The van der Waals surface area contributed by atoms with Gasteiger partial charge in [-0.3, -0.25) is 4.79 Å². The fraction of sp³-hybridized carbons (Fsp3) is 0.500. The highest BCUT2D eigenvalue weighted by molar-refractivity contribution is 6.35. The molecule has 4 nitrogen and oxygen atoms in total. The first-order valence-corrected chi connectivity index (χ1v) is 9.64. The van der Waals surface area contributed by atoms with E-state index in [2.05, 4.69) is 19.2 Å². The molecule has 0 saturated carbocycles. The van der Waals surface area contributed by atoms with Crippen molar-refractivity contribution in [2.24, 2.45) is 5.92 Å². The first-order valence-electron chi connectivity index (χ1n) is 8.88. The van der Waals surface area contributed by atoms with Crippen LogP contribution in [0.4, 0.5) is 0 Å². The van der Waals surface area contributed by atoms with Crippen molar-refractivity contribution in [2.75, 3.05) is 13.6 Å². The van der Waals surface area contributed by atoms with E-state index in [1.807, 2.05) is 14.0 Å². The molecule has 0 saturated heterocycles. The number of amides is 1. The Balaban J connectivity index is 2.99. The minimum atomic E-state index is -0.448. The van der Waals surface area contributed by atoms with Crippen molar-refractivity contribution in [3.8, 4) is 0 Å². The molecular formula is C20H28Cl2N2O2. The summed E-state index contributed by atoms with van der Waals surface area (Å²) in [7, 11) is 1.88. The quantitative estimate of drug-likeness (QED) is 0.467. The molecule has 0 aromatic heterocycles. The molecule has 144 valence electrons. The summed E-state index contributed by atoms with van der Waals surface area (Å²) in [5.41, 5.74) is 0.705. The van der Waals surface area contributed by atoms with Crippen LogP contribution in [-0.2, 0) is 9.59 Å². The number of nitrogens with one attached hydrogen (secondary N) is 1. The first-order chi connectivity index (χ1) is 12.3. The lowest BCUT2D eigenvalue weighted by molar-refractivity contribution is -0.132. The molecule has 0 aliphatic heterocycles. The van der Waals surface area contributed by atoms with E-state index in [9.17, 15) is 9.59 Å². The van der Waals surface area contributed by atoms with Crippen LogP contribution < -0.4 is 5.32 Å². The van der Waals surface area contributed by atoms with Gasteiger partial charge in [0.15, 0.2) is 0 Å². The lowest BCUT2D eigenvalue weighted by Gasteiger charge is -2.31. The maximum atomic E-state index is 12.8. The molecule has 1 rings (SSSR count). The van der Waals surface area contributed by atoms with Crippen molar-refractivity contribution in [3.63, 3.8) is 0 Å². The molecule has 2 unspecified atom stereocenters. The summed E-state index contributed by atoms with van der Waals surface area (Å²) >= 11 is 12.0. The molecule has 1 amide bonds. The maximum Gasteiger partial charge on any atom is 0.247 e. The summed E-state index contributed by atoms with van der Waals surface area (Å²) in [6.45, 7) is 6.64. The van der Waals surface area contributed by atoms with Crippen LogP contribution in [0.2, 0.25) is 10.0 Å². The van der Waals surface area contributed by atoms with Crippen LogP contribution in [0.5, 0.6) is 0 Å². The minimum Gasteiger partial charge on any atom is -0.328 e. The summed E-state index contributed by atoms with van der Waals surface area (Å²) < 4.78 is 0. The lowest BCUT2D eigenvalue weighted by atomic mass is 10.0. The average molecular weight is 399 g/mol. The van der Waals surface area contributed by atoms with Crippen LogP contribution in [-0.4, -0.2) is 42.8 Å². The van der Waals surface area contributed by atoms with E-state index in [1.54, 1.807) is 29.2 Å². The largest absolute Gasteiger partial charge is 0.328 e. The molecule has 1 N–H and O–H groups in total. The van der Waals surface area contributed by atoms with E-state index in [0.29, 0.717) is 34.5 Å². The molecule has 1 aromatic rings. The minimum absolute atomic E-state index is 0.125. The predicted molar refractivity (Wildman–Crippen MR) is 110 cm³/mol. The third-order valence-electron chi connectivity index (χ3n) is 4.21. The van der Waals surface area contributed by atoms with Gasteiger partial charge in [0.05, 0.1) is 6.04 Å². The molecule has 0 bridgehead atoms. The number of likely N-dealkylation sites (N-methyl/N-ethyl adjacent to an activating group) is 1. The highest BCUT2D eigenvalue weighted by atomic mass is 35.5. The Morgan fingerprint density at radius 3 is 2.50 bits per heavy atom. The van der Waals surface area contributed by atoms with Crippen LogP contribution in [0.25, 0.3) is 6.08 Å². The van der Waals surface area contributed by atoms with Gasteiger partial charge in [0.25, 0.3) is 0 Å². The monoisotopic (exact) mass is 398 g/mol. The van der Waals surface area contributed by atoms with Crippen LogP contribution in [0.1, 0.15) is 39.2 Å². The highest BCUT2D eigenvalue weighted by Gasteiger charge is 2.23. The number of carbonyl (C=O) groups excluding carboxylic acids is 2. The molecule has 2 atom stereocenters. The Morgan fingerprint density at radius 1 is 1.31 bits per heavy atom. The maximum absolute atomic E-state index is 12.8. The molecule has 0 spiro atoms. The fourth-order valence-corrected chi connectivity index (χ4v) is 3.23. The molecule has 0 radical (unpaired) electrons. The third-order valence-corrected chi connectivity index (χ3v) is 4.77. The van der Waals surface area contributed by atoms with E-state index < -0.39 is 6.04 Å². The van der Waals surface area contributed by atoms with Crippen molar-refractivity contribution in [3.05, 3.63) is 39.9 Å². The number of benzene rings is 1. The van der Waals surface area contributed by atoms with E-state index in [1.165, 1.54) is 6.08 Å². The van der Waals surface area contributed by atoms with Gasteiger partial charge in [-0.1, -0.05) is 50.0 Å². The van der Waals surface area contributed by atoms with E-state index >= 15 is 0 Å². The summed E-state index contributed by atoms with van der Waals surface area (Å²) in [5.74, 6) is 0.281. The molecule has 26 heavy (non-hydrogen) atoms. The molecular weight excluding hydrogens is 371 g/mol. The molecule has 0 heterocycles. The van der Waals surface area contributed by atoms with Crippen molar-refractivity contribution < 1.29 is 9.59 Å². The number of hydrogen-bond donors (Lipinski definition) is 1. The van der Waals surface area contributed by atoms with E-state index in [0.717, 1.165) is 12.7 Å². The lowest BCUT2D eigenvalue weighted by Crippen LogP contribution is -2.48. The Labute approximate surface area is 166 Å². The van der Waals surface area contributed by atoms with Gasteiger partial charge in [-0.2, -0.15) is 0 Å². The zero-order chi connectivity index (χ0) is 19.7. The van der Waals surface area contributed by atoms with Crippen LogP contribution in [0.15, 0.2) is 24.3 Å². The van der Waals surface area contributed by atoms with Crippen molar-refractivity contribution in [1.29, 1.82) is 0 Å². The molecule has 6 heteroatoms. The summed E-state index contributed by atoms with van der Waals surface area (Å²) in [5, 5.41) is 4.26. The zero-order valence-electron chi connectivity index (χ0n) is 15.8. The van der Waals surface area contributed by atoms with Crippen molar-refractivity contribution >= 4 is 41.5 Å². The van der Waals surface area contributed by atoms with Gasteiger partial charge in [-0.15, -0.1) is 0 Å². The summed E-state index contributed by atoms with van der Waals surface area (Å²) in [6, 6.07) is 4.78. The number of carbonyl (C=O) groups is 2. The number of hydrogen-bond acceptors (Lipinski definition) is 3. The number of aldehydes is 1. The van der Waals surface area contributed by atoms with E-state index in [-0.39, 0.29) is 11.9 Å². The van der Waals surface area contributed by atoms with Crippen molar-refractivity contribution in [2.45, 2.75) is 45.7 Å².